The van der Waals surface area contributed by atoms with Crippen molar-refractivity contribution in [3.05, 3.63) is 70.8 Å². The number of likely N-dealkylation sites (tertiary alicyclic amines) is 1. The lowest BCUT2D eigenvalue weighted by Crippen LogP contribution is -2.45. The van der Waals surface area contributed by atoms with E-state index in [1.807, 2.05) is 0 Å². The molecule has 0 aliphatic carbocycles. The third-order valence-corrected chi connectivity index (χ3v) is 4.87. The van der Waals surface area contributed by atoms with Crippen molar-refractivity contribution in [2.45, 2.75) is 26.3 Å². The minimum absolute atomic E-state index is 0.146. The van der Waals surface area contributed by atoms with Crippen LogP contribution in [0, 0.1) is 24.5 Å². The molecule has 0 spiro atoms. The smallest absolute Gasteiger partial charge is 0.253 e. The fraction of sp³-hybridized carbons (Fsp3) is 0.333. The zero-order valence-electron chi connectivity index (χ0n) is 15.2. The summed E-state index contributed by atoms with van der Waals surface area (Å²) in [5.74, 6) is -1.34. The average Bonchev–Trinajstić information content (AvgIpc) is 2.69. The molecule has 2 amide bonds. The van der Waals surface area contributed by atoms with E-state index in [4.69, 9.17) is 0 Å². The van der Waals surface area contributed by atoms with Crippen LogP contribution >= 0.6 is 0 Å². The van der Waals surface area contributed by atoms with Gasteiger partial charge in [-0.3, -0.25) is 9.59 Å². The van der Waals surface area contributed by atoms with Gasteiger partial charge >= 0.3 is 0 Å². The number of aryl methyl sites for hydroxylation is 1. The van der Waals surface area contributed by atoms with Crippen molar-refractivity contribution in [1.29, 1.82) is 0 Å². The Morgan fingerprint density at radius 2 is 1.89 bits per heavy atom. The van der Waals surface area contributed by atoms with Crippen LogP contribution in [0.1, 0.15) is 34.3 Å². The predicted molar refractivity (Wildman–Crippen MR) is 98.0 cm³/mol. The molecule has 2 aromatic rings. The van der Waals surface area contributed by atoms with Gasteiger partial charge in [-0.1, -0.05) is 12.1 Å². The molecule has 6 heteroatoms. The lowest BCUT2D eigenvalue weighted by Gasteiger charge is -2.32. The largest absolute Gasteiger partial charge is 0.352 e. The van der Waals surface area contributed by atoms with Crippen LogP contribution in [0.15, 0.2) is 42.5 Å². The first kappa shape index (κ1) is 19.0. The Labute approximate surface area is 157 Å². The number of carbonyl (C=O) groups excluding carboxylic acids is 2. The van der Waals surface area contributed by atoms with Crippen molar-refractivity contribution in [3.8, 4) is 0 Å². The van der Waals surface area contributed by atoms with Gasteiger partial charge in [-0.2, -0.15) is 0 Å². The summed E-state index contributed by atoms with van der Waals surface area (Å²) >= 11 is 0. The molecule has 0 bridgehead atoms. The van der Waals surface area contributed by atoms with Crippen LogP contribution in [0.25, 0.3) is 0 Å². The van der Waals surface area contributed by atoms with E-state index in [0.29, 0.717) is 36.2 Å². The summed E-state index contributed by atoms with van der Waals surface area (Å²) in [6, 6.07) is 10.3. The topological polar surface area (TPSA) is 49.4 Å². The molecule has 1 fully saturated rings. The van der Waals surface area contributed by atoms with Crippen molar-refractivity contribution in [2.24, 2.45) is 5.92 Å². The number of hydrogen-bond acceptors (Lipinski definition) is 2. The molecule has 0 aromatic heterocycles. The van der Waals surface area contributed by atoms with E-state index >= 15 is 0 Å². The molecule has 0 saturated carbocycles. The zero-order chi connectivity index (χ0) is 19.4. The molecule has 1 aliphatic heterocycles. The first-order valence-corrected chi connectivity index (χ1v) is 9.01. The Kier molecular flexibility index (Phi) is 5.84. The molecule has 0 unspecified atom stereocenters. The summed E-state index contributed by atoms with van der Waals surface area (Å²) in [5.41, 5.74) is 1.67. The van der Waals surface area contributed by atoms with Crippen molar-refractivity contribution in [2.75, 3.05) is 13.1 Å². The summed E-state index contributed by atoms with van der Waals surface area (Å²) in [5, 5.41) is 2.83. The highest BCUT2D eigenvalue weighted by Gasteiger charge is 2.28. The van der Waals surface area contributed by atoms with E-state index in [9.17, 15) is 18.4 Å². The van der Waals surface area contributed by atoms with Gasteiger partial charge in [-0.15, -0.1) is 0 Å². The molecule has 27 heavy (non-hydrogen) atoms. The minimum atomic E-state index is -0.394. The number of piperidine rings is 1. The molecule has 1 aliphatic rings. The first-order valence-electron chi connectivity index (χ1n) is 9.01. The Morgan fingerprint density at radius 1 is 1.15 bits per heavy atom. The second-order valence-electron chi connectivity index (χ2n) is 6.90. The van der Waals surface area contributed by atoms with Crippen molar-refractivity contribution < 1.29 is 18.4 Å². The van der Waals surface area contributed by atoms with Gasteiger partial charge in [0.05, 0.1) is 5.92 Å². The van der Waals surface area contributed by atoms with Crippen LogP contribution in [-0.2, 0) is 11.3 Å². The van der Waals surface area contributed by atoms with Gasteiger partial charge in [0.2, 0.25) is 5.91 Å². The third-order valence-electron chi connectivity index (χ3n) is 4.87. The number of carbonyl (C=O) groups is 2. The van der Waals surface area contributed by atoms with E-state index < -0.39 is 5.82 Å². The lowest BCUT2D eigenvalue weighted by molar-refractivity contribution is -0.126. The molecule has 2 aromatic carbocycles. The fourth-order valence-electron chi connectivity index (χ4n) is 3.23. The van der Waals surface area contributed by atoms with Crippen LogP contribution in [0.5, 0.6) is 0 Å². The van der Waals surface area contributed by atoms with Crippen molar-refractivity contribution in [3.63, 3.8) is 0 Å². The van der Waals surface area contributed by atoms with E-state index in [0.717, 1.165) is 6.42 Å². The molecule has 0 radical (unpaired) electrons. The predicted octanol–water partition coefficient (Wildman–Crippen LogP) is 3.44. The number of hydrogen-bond donors (Lipinski definition) is 1. The summed E-state index contributed by atoms with van der Waals surface area (Å²) in [6.07, 6.45) is 1.42. The monoisotopic (exact) mass is 372 g/mol. The third kappa shape index (κ3) is 4.70. The number of halogens is 2. The number of rotatable bonds is 4. The van der Waals surface area contributed by atoms with Gasteiger partial charge in [0.15, 0.2) is 0 Å². The molecule has 1 saturated heterocycles. The van der Waals surface area contributed by atoms with Gasteiger partial charge in [0.25, 0.3) is 5.91 Å². The normalized spacial score (nSPS) is 16.9. The Morgan fingerprint density at radius 3 is 2.59 bits per heavy atom. The van der Waals surface area contributed by atoms with Crippen LogP contribution in [0.2, 0.25) is 0 Å². The fourth-order valence-corrected chi connectivity index (χ4v) is 3.23. The Hall–Kier alpha value is -2.76. The highest BCUT2D eigenvalue weighted by molar-refractivity contribution is 5.94. The van der Waals surface area contributed by atoms with Gasteiger partial charge in [0, 0.05) is 25.2 Å². The Bertz CT molecular complexity index is 837. The summed E-state index contributed by atoms with van der Waals surface area (Å²) in [4.78, 5) is 26.7. The van der Waals surface area contributed by atoms with E-state index in [1.165, 1.54) is 30.3 Å². The molecule has 4 nitrogen and oxygen atoms in total. The van der Waals surface area contributed by atoms with Crippen LogP contribution in [-0.4, -0.2) is 29.8 Å². The molecular formula is C21H22F2N2O2. The molecule has 3 rings (SSSR count). The molecule has 1 atom stereocenters. The van der Waals surface area contributed by atoms with Crippen molar-refractivity contribution in [1.82, 2.24) is 10.2 Å². The summed E-state index contributed by atoms with van der Waals surface area (Å²) in [6.45, 7) is 2.83. The second-order valence-corrected chi connectivity index (χ2v) is 6.90. The standard InChI is InChI=1S/C21H22F2N2O2/c1-14-4-5-15(11-19(14)23)12-24-20(26)17-3-2-10-25(13-17)21(27)16-6-8-18(22)9-7-16/h4-9,11,17H,2-3,10,12-13H2,1H3,(H,24,26)/t17-/m0/s1. The quantitative estimate of drug-likeness (QED) is 0.894. The SMILES string of the molecule is Cc1ccc(CNC(=O)[C@H]2CCCN(C(=O)c3ccc(F)cc3)C2)cc1F. The lowest BCUT2D eigenvalue weighted by atomic mass is 9.96. The van der Waals surface area contributed by atoms with Gasteiger partial charge < -0.3 is 10.2 Å². The van der Waals surface area contributed by atoms with Gasteiger partial charge in [-0.25, -0.2) is 8.78 Å². The number of nitrogens with zero attached hydrogens (tertiary/aromatic N) is 1. The molecule has 142 valence electrons. The first-order chi connectivity index (χ1) is 12.9. The Balaban J connectivity index is 1.58. The highest BCUT2D eigenvalue weighted by atomic mass is 19.1. The minimum Gasteiger partial charge on any atom is -0.352 e. The average molecular weight is 372 g/mol. The van der Waals surface area contributed by atoms with Crippen LogP contribution < -0.4 is 5.32 Å². The van der Waals surface area contributed by atoms with E-state index in [-0.39, 0.29) is 30.1 Å². The molecule has 1 N–H and O–H groups in total. The van der Waals surface area contributed by atoms with Gasteiger partial charge in [-0.05, 0) is 61.2 Å². The van der Waals surface area contributed by atoms with Crippen LogP contribution in [0.3, 0.4) is 0 Å². The van der Waals surface area contributed by atoms with Gasteiger partial charge in [0.1, 0.15) is 11.6 Å². The summed E-state index contributed by atoms with van der Waals surface area (Å²) in [7, 11) is 0. The van der Waals surface area contributed by atoms with Crippen molar-refractivity contribution >= 4 is 11.8 Å². The molecule has 1 heterocycles. The summed E-state index contributed by atoms with van der Waals surface area (Å²) < 4.78 is 26.6. The maximum absolute atomic E-state index is 13.6. The highest BCUT2D eigenvalue weighted by Crippen LogP contribution is 2.19. The maximum atomic E-state index is 13.6. The van der Waals surface area contributed by atoms with Crippen LogP contribution in [0.4, 0.5) is 8.78 Å². The van der Waals surface area contributed by atoms with E-state index in [1.54, 1.807) is 24.0 Å². The maximum Gasteiger partial charge on any atom is 0.253 e. The van der Waals surface area contributed by atoms with E-state index in [2.05, 4.69) is 5.32 Å². The zero-order valence-corrected chi connectivity index (χ0v) is 15.2. The number of amides is 2. The molecular weight excluding hydrogens is 350 g/mol. The number of nitrogens with one attached hydrogen (secondary N) is 1. The second kappa shape index (κ2) is 8.29. The number of benzene rings is 2.